The fourth-order valence-corrected chi connectivity index (χ4v) is 5.59. The number of hydrogen-bond donors (Lipinski definition) is 0. The van der Waals surface area contributed by atoms with Crippen LogP contribution in [0.25, 0.3) is 5.69 Å². The molecule has 8 heteroatoms. The summed E-state index contributed by atoms with van der Waals surface area (Å²) in [6.45, 7) is 6.66. The van der Waals surface area contributed by atoms with E-state index < -0.39 is 0 Å². The van der Waals surface area contributed by atoms with Gasteiger partial charge in [0.1, 0.15) is 6.33 Å². The van der Waals surface area contributed by atoms with Gasteiger partial charge in [-0.1, -0.05) is 49.9 Å². The number of amides is 2. The molecule has 1 aliphatic heterocycles. The molecule has 0 atom stereocenters. The molecule has 7 nitrogen and oxygen atoms in total. The van der Waals surface area contributed by atoms with Crippen LogP contribution in [-0.4, -0.2) is 68.3 Å². The zero-order valence-corrected chi connectivity index (χ0v) is 20.6. The summed E-state index contributed by atoms with van der Waals surface area (Å²) < 4.78 is 1.92. The lowest BCUT2D eigenvalue weighted by Gasteiger charge is -2.35. The zero-order valence-electron chi connectivity index (χ0n) is 19.8. The second-order valence-corrected chi connectivity index (χ2v) is 10.3. The Morgan fingerprint density at radius 2 is 1.67 bits per heavy atom. The predicted octanol–water partition coefficient (Wildman–Crippen LogP) is 4.01. The van der Waals surface area contributed by atoms with Crippen LogP contribution in [0.1, 0.15) is 56.1 Å². The van der Waals surface area contributed by atoms with Crippen LogP contribution in [0.4, 0.5) is 0 Å². The molecular weight excluding hydrogens is 434 g/mol. The number of benzene rings is 1. The Morgan fingerprint density at radius 3 is 2.36 bits per heavy atom. The highest BCUT2D eigenvalue weighted by Crippen LogP contribution is 2.27. The lowest BCUT2D eigenvalue weighted by molar-refractivity contribution is -0.138. The van der Waals surface area contributed by atoms with Crippen molar-refractivity contribution in [3.05, 3.63) is 35.7 Å². The highest BCUT2D eigenvalue weighted by molar-refractivity contribution is 7.99. The standard InChI is InChI=1S/C25H35N5O2S/c1-19-8-10-22(16-20(19)2)30-18-26-27-25(30)33-17-24(32)29-14-12-28(13-15-29)23(31)11-9-21-6-4-3-5-7-21/h8,10,16,18,21H,3-7,9,11-15,17H2,1-2H3. The SMILES string of the molecule is Cc1ccc(-n2cnnc2SCC(=O)N2CCN(C(=O)CCC3CCCCC3)CC2)cc1C. The maximum Gasteiger partial charge on any atom is 0.233 e. The van der Waals surface area contributed by atoms with Crippen LogP contribution in [0.2, 0.25) is 0 Å². The third kappa shape index (κ3) is 6.16. The quantitative estimate of drug-likeness (QED) is 0.573. The average molecular weight is 470 g/mol. The van der Waals surface area contributed by atoms with Crippen LogP contribution < -0.4 is 0 Å². The molecule has 0 radical (unpaired) electrons. The maximum absolute atomic E-state index is 12.8. The van der Waals surface area contributed by atoms with Crippen molar-refractivity contribution in [3.63, 3.8) is 0 Å². The smallest absolute Gasteiger partial charge is 0.233 e. The van der Waals surface area contributed by atoms with E-state index in [0.717, 1.165) is 18.0 Å². The van der Waals surface area contributed by atoms with Gasteiger partial charge in [0.15, 0.2) is 5.16 Å². The van der Waals surface area contributed by atoms with Gasteiger partial charge in [0.25, 0.3) is 0 Å². The first-order chi connectivity index (χ1) is 16.0. The summed E-state index contributed by atoms with van der Waals surface area (Å²) in [6, 6.07) is 6.23. The maximum atomic E-state index is 12.8. The molecule has 0 spiro atoms. The molecular formula is C25H35N5O2S. The van der Waals surface area contributed by atoms with Gasteiger partial charge in [0.2, 0.25) is 11.8 Å². The molecule has 0 unspecified atom stereocenters. The molecule has 2 fully saturated rings. The van der Waals surface area contributed by atoms with Crippen molar-refractivity contribution in [2.24, 2.45) is 5.92 Å². The van der Waals surface area contributed by atoms with E-state index in [1.807, 2.05) is 20.4 Å². The Kier molecular flexibility index (Phi) is 8.06. The second-order valence-electron chi connectivity index (χ2n) is 9.35. The topological polar surface area (TPSA) is 71.3 Å². The summed E-state index contributed by atoms with van der Waals surface area (Å²) in [6.07, 6.45) is 9.92. The summed E-state index contributed by atoms with van der Waals surface area (Å²) in [5, 5.41) is 8.96. The summed E-state index contributed by atoms with van der Waals surface area (Å²) in [5.41, 5.74) is 3.45. The van der Waals surface area contributed by atoms with Gasteiger partial charge in [0, 0.05) is 38.3 Å². The van der Waals surface area contributed by atoms with Gasteiger partial charge in [-0.05, 0) is 49.4 Å². The van der Waals surface area contributed by atoms with Gasteiger partial charge in [-0.15, -0.1) is 10.2 Å². The van der Waals surface area contributed by atoms with Gasteiger partial charge in [-0.25, -0.2) is 0 Å². The van der Waals surface area contributed by atoms with Crippen LogP contribution in [0.5, 0.6) is 0 Å². The van der Waals surface area contributed by atoms with Crippen LogP contribution >= 0.6 is 11.8 Å². The van der Waals surface area contributed by atoms with E-state index in [2.05, 4.69) is 36.2 Å². The molecule has 2 aromatic rings. The Balaban J connectivity index is 1.23. The monoisotopic (exact) mass is 469 g/mol. The second kappa shape index (κ2) is 11.2. The molecule has 33 heavy (non-hydrogen) atoms. The molecule has 1 saturated carbocycles. The van der Waals surface area contributed by atoms with E-state index in [9.17, 15) is 9.59 Å². The number of carbonyl (C=O) groups excluding carboxylic acids is 2. The Morgan fingerprint density at radius 1 is 0.970 bits per heavy atom. The number of carbonyl (C=O) groups is 2. The molecule has 4 rings (SSSR count). The minimum atomic E-state index is 0.0870. The largest absolute Gasteiger partial charge is 0.339 e. The summed E-state index contributed by atoms with van der Waals surface area (Å²) in [7, 11) is 0. The molecule has 0 bridgehead atoms. The van der Waals surface area contributed by atoms with Gasteiger partial charge in [-0.3, -0.25) is 14.2 Å². The van der Waals surface area contributed by atoms with Gasteiger partial charge in [-0.2, -0.15) is 0 Å². The number of aromatic nitrogens is 3. The van der Waals surface area contributed by atoms with E-state index in [1.54, 1.807) is 6.33 Å². The Labute approximate surface area is 200 Å². The van der Waals surface area contributed by atoms with Crippen molar-refractivity contribution in [3.8, 4) is 5.69 Å². The number of rotatable bonds is 7. The molecule has 1 aliphatic carbocycles. The predicted molar refractivity (Wildman–Crippen MR) is 131 cm³/mol. The first-order valence-corrected chi connectivity index (χ1v) is 13.2. The number of nitrogens with zero attached hydrogens (tertiary/aromatic N) is 5. The fourth-order valence-electron chi connectivity index (χ4n) is 4.76. The zero-order chi connectivity index (χ0) is 23.2. The lowest BCUT2D eigenvalue weighted by Crippen LogP contribution is -2.51. The van der Waals surface area contributed by atoms with E-state index in [4.69, 9.17) is 0 Å². The van der Waals surface area contributed by atoms with Crippen molar-refractivity contribution in [2.75, 3.05) is 31.9 Å². The number of aryl methyl sites for hydroxylation is 2. The summed E-state index contributed by atoms with van der Waals surface area (Å²) >= 11 is 1.41. The van der Waals surface area contributed by atoms with Crippen LogP contribution in [0.15, 0.2) is 29.7 Å². The van der Waals surface area contributed by atoms with Crippen LogP contribution in [0.3, 0.4) is 0 Å². The molecule has 2 amide bonds. The third-order valence-corrected chi connectivity index (χ3v) is 8.01. The average Bonchev–Trinajstić information content (AvgIpc) is 3.32. The number of thioether (sulfide) groups is 1. The van der Waals surface area contributed by atoms with Crippen molar-refractivity contribution < 1.29 is 9.59 Å². The van der Waals surface area contributed by atoms with Crippen LogP contribution in [0, 0.1) is 19.8 Å². The summed E-state index contributed by atoms with van der Waals surface area (Å²) in [4.78, 5) is 29.2. The molecule has 2 aliphatic rings. The van der Waals surface area contributed by atoms with E-state index in [1.165, 1.54) is 55.0 Å². The normalized spacial score (nSPS) is 17.4. The Hall–Kier alpha value is -2.35. The number of piperazine rings is 1. The van der Waals surface area contributed by atoms with Gasteiger partial charge in [0.05, 0.1) is 5.75 Å². The molecule has 0 N–H and O–H groups in total. The molecule has 1 aromatic carbocycles. The first-order valence-electron chi connectivity index (χ1n) is 12.2. The number of hydrogen-bond acceptors (Lipinski definition) is 5. The molecule has 178 valence electrons. The highest BCUT2D eigenvalue weighted by atomic mass is 32.2. The Bertz CT molecular complexity index is 961. The van der Waals surface area contributed by atoms with Crippen molar-refractivity contribution in [1.29, 1.82) is 0 Å². The fraction of sp³-hybridized carbons (Fsp3) is 0.600. The minimum absolute atomic E-state index is 0.0870. The van der Waals surface area contributed by atoms with Crippen molar-refractivity contribution in [2.45, 2.75) is 63.9 Å². The van der Waals surface area contributed by atoms with Crippen molar-refractivity contribution in [1.82, 2.24) is 24.6 Å². The molecule has 1 saturated heterocycles. The summed E-state index contributed by atoms with van der Waals surface area (Å²) in [5.74, 6) is 1.39. The highest BCUT2D eigenvalue weighted by Gasteiger charge is 2.25. The third-order valence-electron chi connectivity index (χ3n) is 7.09. The molecule has 1 aromatic heterocycles. The first kappa shape index (κ1) is 23.8. The van der Waals surface area contributed by atoms with Crippen molar-refractivity contribution >= 4 is 23.6 Å². The van der Waals surface area contributed by atoms with E-state index >= 15 is 0 Å². The van der Waals surface area contributed by atoms with E-state index in [-0.39, 0.29) is 11.8 Å². The van der Waals surface area contributed by atoms with Gasteiger partial charge < -0.3 is 9.80 Å². The van der Waals surface area contributed by atoms with Crippen LogP contribution in [-0.2, 0) is 9.59 Å². The van der Waals surface area contributed by atoms with E-state index in [0.29, 0.717) is 43.5 Å². The lowest BCUT2D eigenvalue weighted by atomic mass is 9.86. The molecule has 2 heterocycles. The van der Waals surface area contributed by atoms with Gasteiger partial charge >= 0.3 is 0 Å². The minimum Gasteiger partial charge on any atom is -0.339 e.